The van der Waals surface area contributed by atoms with Crippen LogP contribution in [0.15, 0.2) is 64.2 Å². The van der Waals surface area contributed by atoms with Gasteiger partial charge < -0.3 is 14.5 Å². The lowest BCUT2D eigenvalue weighted by atomic mass is 10.0. The third kappa shape index (κ3) is 5.59. The lowest BCUT2D eigenvalue weighted by molar-refractivity contribution is -0.145. The normalized spacial score (nSPS) is 11.9. The number of carbonyl (C=O) groups is 2. The number of carbonyl (C=O) groups excluding carboxylic acids is 2. The van der Waals surface area contributed by atoms with Gasteiger partial charge in [0.15, 0.2) is 12.2 Å². The van der Waals surface area contributed by atoms with Crippen LogP contribution in [-0.4, -0.2) is 35.8 Å². The first kappa shape index (κ1) is 19.0. The van der Waals surface area contributed by atoms with E-state index in [9.17, 15) is 9.59 Å². The molecule has 0 saturated carbocycles. The number of thioether (sulfide) groups is 1. The van der Waals surface area contributed by atoms with E-state index in [1.165, 1.54) is 0 Å². The Morgan fingerprint density at radius 3 is 2.67 bits per heavy atom. The Kier molecular flexibility index (Phi) is 6.49. The molecule has 0 saturated heterocycles. The van der Waals surface area contributed by atoms with Crippen molar-refractivity contribution in [3.05, 3.63) is 60.2 Å². The molecule has 0 radical (unpaired) electrons. The molecule has 3 aromatic rings. The molecule has 0 fully saturated rings. The smallest absolute Gasteiger partial charge is 0.316 e. The van der Waals surface area contributed by atoms with E-state index in [4.69, 9.17) is 9.15 Å². The number of hydrogen-bond donors (Lipinski definition) is 1. The first-order valence-corrected chi connectivity index (χ1v) is 9.56. The topological polar surface area (TPSA) is 81.4 Å². The summed E-state index contributed by atoms with van der Waals surface area (Å²) in [4.78, 5) is 27.9. The maximum absolute atomic E-state index is 11.8. The van der Waals surface area contributed by atoms with Gasteiger partial charge in [0, 0.05) is 6.54 Å². The maximum atomic E-state index is 11.8. The van der Waals surface area contributed by atoms with Crippen LogP contribution in [0.5, 0.6) is 0 Å². The van der Waals surface area contributed by atoms with Crippen LogP contribution in [0, 0.1) is 0 Å². The standard InChI is InChI=1S/C20H20N2O4S/c1-14(15-7-3-2-4-8-15)11-21-18(23)12-25-19(24)13-27-20-22-16-9-5-6-10-17(16)26-20/h2-10,14H,11-13H2,1H3,(H,21,23)/t14-/m1/s1. The Morgan fingerprint density at radius 2 is 1.89 bits per heavy atom. The van der Waals surface area contributed by atoms with Gasteiger partial charge in [-0.15, -0.1) is 0 Å². The zero-order valence-electron chi connectivity index (χ0n) is 14.9. The van der Waals surface area contributed by atoms with Crippen molar-refractivity contribution in [2.24, 2.45) is 0 Å². The van der Waals surface area contributed by atoms with Gasteiger partial charge in [-0.1, -0.05) is 61.2 Å². The number of fused-ring (bicyclic) bond motifs is 1. The second-order valence-electron chi connectivity index (χ2n) is 6.01. The molecule has 1 atom stereocenters. The molecule has 27 heavy (non-hydrogen) atoms. The highest BCUT2D eigenvalue weighted by atomic mass is 32.2. The highest BCUT2D eigenvalue weighted by molar-refractivity contribution is 7.99. The van der Waals surface area contributed by atoms with E-state index in [0.29, 0.717) is 17.4 Å². The summed E-state index contributed by atoms with van der Waals surface area (Å²) >= 11 is 1.14. The fourth-order valence-electron chi connectivity index (χ4n) is 2.44. The molecular formula is C20H20N2O4S. The van der Waals surface area contributed by atoms with Crippen LogP contribution in [0.3, 0.4) is 0 Å². The van der Waals surface area contributed by atoms with Crippen LogP contribution in [0.4, 0.5) is 0 Å². The van der Waals surface area contributed by atoms with E-state index in [1.54, 1.807) is 0 Å². The van der Waals surface area contributed by atoms with Crippen LogP contribution in [0.2, 0.25) is 0 Å². The fraction of sp³-hybridized carbons (Fsp3) is 0.250. The minimum atomic E-state index is -0.492. The zero-order valence-corrected chi connectivity index (χ0v) is 15.7. The molecule has 0 aliphatic rings. The molecule has 1 aromatic heterocycles. The van der Waals surface area contributed by atoms with Gasteiger partial charge in [-0.25, -0.2) is 4.98 Å². The van der Waals surface area contributed by atoms with Crippen LogP contribution in [-0.2, 0) is 14.3 Å². The number of nitrogens with zero attached hydrogens (tertiary/aromatic N) is 1. The fourth-order valence-corrected chi connectivity index (χ4v) is 3.07. The van der Waals surface area contributed by atoms with Gasteiger partial charge >= 0.3 is 5.97 Å². The van der Waals surface area contributed by atoms with Gasteiger partial charge in [-0.3, -0.25) is 9.59 Å². The summed E-state index contributed by atoms with van der Waals surface area (Å²) in [6.45, 7) is 2.21. The average molecular weight is 384 g/mol. The molecule has 7 heteroatoms. The number of hydrogen-bond acceptors (Lipinski definition) is 6. The molecule has 3 rings (SSSR count). The monoisotopic (exact) mass is 384 g/mol. The molecule has 0 aliphatic carbocycles. The van der Waals surface area contributed by atoms with Crippen LogP contribution >= 0.6 is 11.8 Å². The number of benzene rings is 2. The van der Waals surface area contributed by atoms with E-state index >= 15 is 0 Å². The van der Waals surface area contributed by atoms with E-state index < -0.39 is 5.97 Å². The van der Waals surface area contributed by atoms with Gasteiger partial charge in [-0.2, -0.15) is 0 Å². The third-order valence-electron chi connectivity index (χ3n) is 3.93. The van der Waals surface area contributed by atoms with Crippen molar-refractivity contribution in [2.45, 2.75) is 18.1 Å². The van der Waals surface area contributed by atoms with Gasteiger partial charge in [0.25, 0.3) is 11.1 Å². The number of amides is 1. The minimum absolute atomic E-state index is 0.0283. The number of aromatic nitrogens is 1. The highest BCUT2D eigenvalue weighted by Crippen LogP contribution is 2.23. The van der Waals surface area contributed by atoms with Crippen molar-refractivity contribution in [3.8, 4) is 0 Å². The summed E-state index contributed by atoms with van der Waals surface area (Å²) in [6.07, 6.45) is 0. The van der Waals surface area contributed by atoms with Gasteiger partial charge in [-0.05, 0) is 23.6 Å². The summed E-state index contributed by atoms with van der Waals surface area (Å²) in [5.41, 5.74) is 2.55. The molecule has 0 aliphatic heterocycles. The van der Waals surface area contributed by atoms with Crippen molar-refractivity contribution in [1.29, 1.82) is 0 Å². The number of nitrogens with one attached hydrogen (secondary N) is 1. The Balaban J connectivity index is 1.36. The number of ether oxygens (including phenoxy) is 1. The largest absolute Gasteiger partial charge is 0.455 e. The van der Waals surface area contributed by atoms with Crippen molar-refractivity contribution in [3.63, 3.8) is 0 Å². The quantitative estimate of drug-likeness (QED) is 0.474. The van der Waals surface area contributed by atoms with E-state index in [2.05, 4.69) is 10.3 Å². The maximum Gasteiger partial charge on any atom is 0.316 e. The first-order valence-electron chi connectivity index (χ1n) is 8.57. The summed E-state index contributed by atoms with van der Waals surface area (Å²) in [5.74, 6) is -0.604. The van der Waals surface area contributed by atoms with E-state index in [-0.39, 0.29) is 24.2 Å². The van der Waals surface area contributed by atoms with Crippen LogP contribution in [0.1, 0.15) is 18.4 Å². The second kappa shape index (κ2) is 9.23. The lowest BCUT2D eigenvalue weighted by Crippen LogP contribution is -2.31. The first-order chi connectivity index (χ1) is 13.1. The summed E-state index contributed by atoms with van der Waals surface area (Å²) in [7, 11) is 0. The second-order valence-corrected chi connectivity index (χ2v) is 6.94. The number of esters is 1. The van der Waals surface area contributed by atoms with Gasteiger partial charge in [0.05, 0.1) is 0 Å². The molecule has 6 nitrogen and oxygen atoms in total. The molecule has 0 bridgehead atoms. The van der Waals surface area contributed by atoms with Gasteiger partial charge in [0.1, 0.15) is 11.3 Å². The summed E-state index contributed by atoms with van der Waals surface area (Å²) in [6, 6.07) is 17.3. The minimum Gasteiger partial charge on any atom is -0.455 e. The average Bonchev–Trinajstić information content (AvgIpc) is 3.12. The third-order valence-corrected chi connectivity index (χ3v) is 4.73. The molecule has 0 spiro atoms. The molecule has 140 valence electrons. The SMILES string of the molecule is C[C@H](CNC(=O)COC(=O)CSc1nc2ccccc2o1)c1ccccc1. The molecule has 1 amide bonds. The zero-order chi connectivity index (χ0) is 19.1. The number of rotatable bonds is 8. The van der Waals surface area contributed by atoms with Crippen molar-refractivity contribution in [2.75, 3.05) is 18.9 Å². The predicted octanol–water partition coefficient (Wildman–Crippen LogP) is 3.38. The Bertz CT molecular complexity index is 878. The Labute approximate surface area is 161 Å². The summed E-state index contributed by atoms with van der Waals surface area (Å²) in [5, 5.41) is 3.17. The lowest BCUT2D eigenvalue weighted by Gasteiger charge is -2.13. The number of oxazole rings is 1. The van der Waals surface area contributed by atoms with E-state index in [1.807, 2.05) is 61.5 Å². The predicted molar refractivity (Wildman–Crippen MR) is 104 cm³/mol. The summed E-state index contributed by atoms with van der Waals surface area (Å²) < 4.78 is 10.5. The molecule has 1 N–H and O–H groups in total. The Morgan fingerprint density at radius 1 is 1.15 bits per heavy atom. The van der Waals surface area contributed by atoms with E-state index in [0.717, 1.165) is 22.8 Å². The Hall–Kier alpha value is -2.80. The van der Waals surface area contributed by atoms with Crippen LogP contribution < -0.4 is 5.32 Å². The highest BCUT2D eigenvalue weighted by Gasteiger charge is 2.12. The van der Waals surface area contributed by atoms with Crippen molar-refractivity contribution < 1.29 is 18.7 Å². The molecule has 2 aromatic carbocycles. The van der Waals surface area contributed by atoms with Crippen LogP contribution in [0.25, 0.3) is 11.1 Å². The number of para-hydroxylation sites is 2. The van der Waals surface area contributed by atoms with Crippen molar-refractivity contribution in [1.82, 2.24) is 10.3 Å². The van der Waals surface area contributed by atoms with Crippen molar-refractivity contribution >= 4 is 34.7 Å². The molecular weight excluding hydrogens is 364 g/mol. The molecule has 0 unspecified atom stereocenters. The molecule has 1 heterocycles. The van der Waals surface area contributed by atoms with Gasteiger partial charge in [0.2, 0.25) is 0 Å².